The number of nitrogens with zero attached hydrogens (tertiary/aromatic N) is 2. The van der Waals surface area contributed by atoms with E-state index in [0.29, 0.717) is 0 Å². The van der Waals surface area contributed by atoms with Gasteiger partial charge in [0.1, 0.15) is 0 Å². The number of hydrogen-bond acceptors (Lipinski definition) is 2. The molecule has 0 spiro atoms. The lowest BCUT2D eigenvalue weighted by molar-refractivity contribution is 0.656. The van der Waals surface area contributed by atoms with Crippen molar-refractivity contribution >= 4 is 0 Å². The van der Waals surface area contributed by atoms with Crippen molar-refractivity contribution in [2.75, 3.05) is 0 Å². The van der Waals surface area contributed by atoms with Crippen molar-refractivity contribution in [2.45, 2.75) is 46.7 Å². The standard InChI is InChI=1S/C16H23N3/c1-5-14-6-8-15(9-7-14)10-19-13(4)16(11(2)17)12(3)18-19/h6-9,11H,5,10,17H2,1-4H3. The van der Waals surface area contributed by atoms with E-state index < -0.39 is 0 Å². The van der Waals surface area contributed by atoms with Crippen LogP contribution in [0.25, 0.3) is 0 Å². The van der Waals surface area contributed by atoms with Crippen LogP contribution in [0.4, 0.5) is 0 Å². The Morgan fingerprint density at radius 2 is 1.74 bits per heavy atom. The first kappa shape index (κ1) is 13.8. The minimum absolute atomic E-state index is 0.0382. The van der Waals surface area contributed by atoms with Crippen LogP contribution in [0.3, 0.4) is 0 Å². The molecule has 102 valence electrons. The molecule has 0 aliphatic rings. The lowest BCUT2D eigenvalue weighted by Gasteiger charge is -2.08. The van der Waals surface area contributed by atoms with Crippen LogP contribution in [0.2, 0.25) is 0 Å². The Bertz CT molecular complexity index is 550. The van der Waals surface area contributed by atoms with E-state index >= 15 is 0 Å². The van der Waals surface area contributed by atoms with Crippen molar-refractivity contribution < 1.29 is 0 Å². The molecule has 0 radical (unpaired) electrons. The summed E-state index contributed by atoms with van der Waals surface area (Å²) in [5, 5.41) is 4.61. The molecule has 19 heavy (non-hydrogen) atoms. The molecular weight excluding hydrogens is 234 g/mol. The summed E-state index contributed by atoms with van der Waals surface area (Å²) >= 11 is 0. The van der Waals surface area contributed by atoms with Gasteiger partial charge in [0, 0.05) is 17.3 Å². The first-order chi connectivity index (χ1) is 9.02. The molecule has 0 fully saturated rings. The summed E-state index contributed by atoms with van der Waals surface area (Å²) in [6, 6.07) is 8.78. The van der Waals surface area contributed by atoms with Gasteiger partial charge in [-0.2, -0.15) is 5.10 Å². The number of benzene rings is 1. The Kier molecular flexibility index (Phi) is 4.05. The second-order valence-corrected chi connectivity index (χ2v) is 5.20. The monoisotopic (exact) mass is 257 g/mol. The van der Waals surface area contributed by atoms with Gasteiger partial charge in [-0.05, 0) is 38.3 Å². The number of nitrogens with two attached hydrogens (primary N) is 1. The topological polar surface area (TPSA) is 43.8 Å². The van der Waals surface area contributed by atoms with Crippen LogP contribution in [-0.4, -0.2) is 9.78 Å². The molecule has 0 saturated heterocycles. The van der Waals surface area contributed by atoms with E-state index in [2.05, 4.69) is 47.9 Å². The van der Waals surface area contributed by atoms with Crippen LogP contribution in [0.5, 0.6) is 0 Å². The number of aromatic nitrogens is 2. The first-order valence-corrected chi connectivity index (χ1v) is 6.90. The second kappa shape index (κ2) is 5.57. The summed E-state index contributed by atoms with van der Waals surface area (Å²) < 4.78 is 2.05. The summed E-state index contributed by atoms with van der Waals surface area (Å²) in [6.45, 7) is 9.12. The molecule has 1 unspecified atom stereocenters. The number of rotatable bonds is 4. The Balaban J connectivity index is 2.25. The summed E-state index contributed by atoms with van der Waals surface area (Å²) in [7, 11) is 0. The first-order valence-electron chi connectivity index (χ1n) is 6.90. The fraction of sp³-hybridized carbons (Fsp3) is 0.438. The summed E-state index contributed by atoms with van der Waals surface area (Å²) in [6.07, 6.45) is 1.08. The molecule has 1 aromatic carbocycles. The average molecular weight is 257 g/mol. The predicted octanol–water partition coefficient (Wildman–Crippen LogP) is 3.13. The third-order valence-electron chi connectivity index (χ3n) is 3.66. The van der Waals surface area contributed by atoms with Crippen molar-refractivity contribution in [1.82, 2.24) is 9.78 Å². The highest BCUT2D eigenvalue weighted by Gasteiger charge is 2.14. The quantitative estimate of drug-likeness (QED) is 0.914. The van der Waals surface area contributed by atoms with Gasteiger partial charge < -0.3 is 5.73 Å². The Labute approximate surface area is 115 Å². The molecule has 0 amide bonds. The van der Waals surface area contributed by atoms with Crippen LogP contribution in [0.1, 0.15) is 48.0 Å². The highest BCUT2D eigenvalue weighted by Crippen LogP contribution is 2.20. The molecule has 2 aromatic rings. The Hall–Kier alpha value is -1.61. The highest BCUT2D eigenvalue weighted by atomic mass is 15.3. The second-order valence-electron chi connectivity index (χ2n) is 5.20. The maximum atomic E-state index is 6.01. The number of aryl methyl sites for hydroxylation is 2. The predicted molar refractivity (Wildman–Crippen MR) is 79.2 cm³/mol. The minimum atomic E-state index is 0.0382. The van der Waals surface area contributed by atoms with Crippen molar-refractivity contribution in [3.05, 3.63) is 52.3 Å². The van der Waals surface area contributed by atoms with Gasteiger partial charge >= 0.3 is 0 Å². The minimum Gasteiger partial charge on any atom is -0.324 e. The zero-order valence-electron chi connectivity index (χ0n) is 12.3. The molecule has 1 atom stereocenters. The summed E-state index contributed by atoms with van der Waals surface area (Å²) in [4.78, 5) is 0. The zero-order chi connectivity index (χ0) is 14.0. The molecule has 2 rings (SSSR count). The maximum Gasteiger partial charge on any atom is 0.0662 e. The van der Waals surface area contributed by atoms with E-state index in [1.54, 1.807) is 0 Å². The van der Waals surface area contributed by atoms with E-state index in [1.165, 1.54) is 22.4 Å². The third-order valence-corrected chi connectivity index (χ3v) is 3.66. The van der Waals surface area contributed by atoms with E-state index in [4.69, 9.17) is 5.73 Å². The van der Waals surface area contributed by atoms with E-state index in [0.717, 1.165) is 18.7 Å². The normalized spacial score (nSPS) is 12.7. The van der Waals surface area contributed by atoms with Gasteiger partial charge in [0.2, 0.25) is 0 Å². The summed E-state index contributed by atoms with van der Waals surface area (Å²) in [5.74, 6) is 0. The van der Waals surface area contributed by atoms with Gasteiger partial charge in [-0.15, -0.1) is 0 Å². The largest absolute Gasteiger partial charge is 0.324 e. The van der Waals surface area contributed by atoms with E-state index in [1.807, 2.05) is 13.8 Å². The number of hydrogen-bond donors (Lipinski definition) is 1. The smallest absolute Gasteiger partial charge is 0.0662 e. The van der Waals surface area contributed by atoms with Crippen molar-refractivity contribution in [3.63, 3.8) is 0 Å². The van der Waals surface area contributed by atoms with E-state index in [-0.39, 0.29) is 6.04 Å². The molecule has 3 nitrogen and oxygen atoms in total. The van der Waals surface area contributed by atoms with Crippen molar-refractivity contribution in [1.29, 1.82) is 0 Å². The lowest BCUT2D eigenvalue weighted by Crippen LogP contribution is -2.09. The van der Waals surface area contributed by atoms with Gasteiger partial charge in [0.05, 0.1) is 12.2 Å². The fourth-order valence-electron chi connectivity index (χ4n) is 2.58. The Morgan fingerprint density at radius 3 is 2.21 bits per heavy atom. The fourth-order valence-corrected chi connectivity index (χ4v) is 2.58. The van der Waals surface area contributed by atoms with Gasteiger partial charge in [-0.25, -0.2) is 0 Å². The van der Waals surface area contributed by atoms with Crippen LogP contribution in [-0.2, 0) is 13.0 Å². The third kappa shape index (κ3) is 2.87. The van der Waals surface area contributed by atoms with Crippen LogP contribution in [0.15, 0.2) is 24.3 Å². The highest BCUT2D eigenvalue weighted by molar-refractivity contribution is 5.29. The van der Waals surface area contributed by atoms with Crippen molar-refractivity contribution in [3.8, 4) is 0 Å². The van der Waals surface area contributed by atoms with Crippen LogP contribution >= 0.6 is 0 Å². The van der Waals surface area contributed by atoms with Gasteiger partial charge in [-0.1, -0.05) is 31.2 Å². The van der Waals surface area contributed by atoms with E-state index in [9.17, 15) is 0 Å². The van der Waals surface area contributed by atoms with Gasteiger partial charge in [0.25, 0.3) is 0 Å². The summed E-state index contributed by atoms with van der Waals surface area (Å²) in [5.41, 5.74) is 12.0. The molecular formula is C16H23N3. The average Bonchev–Trinajstić information content (AvgIpc) is 2.65. The SMILES string of the molecule is CCc1ccc(Cn2nc(C)c(C(C)N)c2C)cc1. The molecule has 1 heterocycles. The van der Waals surface area contributed by atoms with Crippen molar-refractivity contribution in [2.24, 2.45) is 5.73 Å². The van der Waals surface area contributed by atoms with Crippen LogP contribution < -0.4 is 5.73 Å². The van der Waals surface area contributed by atoms with Crippen LogP contribution in [0, 0.1) is 13.8 Å². The molecule has 0 saturated carbocycles. The van der Waals surface area contributed by atoms with Gasteiger partial charge in [-0.3, -0.25) is 4.68 Å². The molecule has 0 aliphatic heterocycles. The maximum absolute atomic E-state index is 6.01. The Morgan fingerprint density at radius 1 is 1.16 bits per heavy atom. The lowest BCUT2D eigenvalue weighted by atomic mass is 10.1. The molecule has 3 heteroatoms. The molecule has 0 bridgehead atoms. The molecule has 2 N–H and O–H groups in total. The van der Waals surface area contributed by atoms with Gasteiger partial charge in [0.15, 0.2) is 0 Å². The zero-order valence-corrected chi connectivity index (χ0v) is 12.3. The molecule has 1 aromatic heterocycles. The molecule has 0 aliphatic carbocycles.